The van der Waals surface area contributed by atoms with Gasteiger partial charge in [-0.3, -0.25) is 4.98 Å². The number of rotatable bonds is 1. The number of halogens is 1. The van der Waals surface area contributed by atoms with E-state index in [1.54, 1.807) is 6.20 Å². The lowest BCUT2D eigenvalue weighted by atomic mass is 10.1. The van der Waals surface area contributed by atoms with E-state index in [4.69, 9.17) is 5.73 Å². The van der Waals surface area contributed by atoms with Crippen molar-refractivity contribution >= 4 is 26.8 Å². The number of benzene rings is 1. The Hall–Kier alpha value is -0.930. The van der Waals surface area contributed by atoms with E-state index in [0.29, 0.717) is 6.54 Å². The fourth-order valence-corrected chi connectivity index (χ4v) is 1.81. The standard InChI is InChI=1S/C10H9BrN2/c11-9-4-3-7(6-12)10-8(9)2-1-5-13-10/h1-5H,6,12H2. The molecule has 2 rings (SSSR count). The minimum absolute atomic E-state index is 0.529. The lowest BCUT2D eigenvalue weighted by Crippen LogP contribution is -1.98. The Morgan fingerprint density at radius 2 is 2.15 bits per heavy atom. The van der Waals surface area contributed by atoms with Crippen molar-refractivity contribution in [2.24, 2.45) is 5.73 Å². The Balaban J connectivity index is 2.84. The number of nitrogens with two attached hydrogens (primary N) is 1. The molecule has 0 aliphatic rings. The molecule has 13 heavy (non-hydrogen) atoms. The fraction of sp³-hybridized carbons (Fsp3) is 0.100. The first-order valence-electron chi connectivity index (χ1n) is 4.05. The van der Waals surface area contributed by atoms with E-state index in [-0.39, 0.29) is 0 Å². The number of hydrogen-bond acceptors (Lipinski definition) is 2. The fourth-order valence-electron chi connectivity index (χ4n) is 1.36. The molecule has 0 bridgehead atoms. The molecule has 1 heterocycles. The second kappa shape index (κ2) is 3.44. The molecule has 0 fully saturated rings. The smallest absolute Gasteiger partial charge is 0.0758 e. The number of hydrogen-bond donors (Lipinski definition) is 1. The Morgan fingerprint density at radius 3 is 2.92 bits per heavy atom. The predicted molar refractivity (Wildman–Crippen MR) is 57.3 cm³/mol. The van der Waals surface area contributed by atoms with Crippen LogP contribution in [-0.4, -0.2) is 4.98 Å². The Labute approximate surface area is 84.9 Å². The predicted octanol–water partition coefficient (Wildman–Crippen LogP) is 2.46. The summed E-state index contributed by atoms with van der Waals surface area (Å²) in [5.74, 6) is 0. The van der Waals surface area contributed by atoms with Crippen molar-refractivity contribution in [3.05, 3.63) is 40.5 Å². The zero-order chi connectivity index (χ0) is 9.26. The van der Waals surface area contributed by atoms with Crippen molar-refractivity contribution in [1.82, 2.24) is 4.98 Å². The lowest BCUT2D eigenvalue weighted by Gasteiger charge is -2.04. The maximum atomic E-state index is 5.61. The maximum absolute atomic E-state index is 5.61. The van der Waals surface area contributed by atoms with Crippen molar-refractivity contribution in [2.45, 2.75) is 6.54 Å². The highest BCUT2D eigenvalue weighted by Crippen LogP contribution is 2.24. The molecule has 2 nitrogen and oxygen atoms in total. The van der Waals surface area contributed by atoms with Gasteiger partial charge in [-0.2, -0.15) is 0 Å². The molecule has 0 unspecified atom stereocenters. The summed E-state index contributed by atoms with van der Waals surface area (Å²) < 4.78 is 1.06. The van der Waals surface area contributed by atoms with Crippen molar-refractivity contribution in [3.8, 4) is 0 Å². The summed E-state index contributed by atoms with van der Waals surface area (Å²) in [4.78, 5) is 4.30. The van der Waals surface area contributed by atoms with Crippen LogP contribution in [0.4, 0.5) is 0 Å². The average molecular weight is 237 g/mol. The summed E-state index contributed by atoms with van der Waals surface area (Å²) in [6, 6.07) is 7.96. The highest BCUT2D eigenvalue weighted by molar-refractivity contribution is 9.10. The Kier molecular flexibility index (Phi) is 2.29. The molecule has 0 aliphatic carbocycles. The Bertz CT molecular complexity index is 440. The monoisotopic (exact) mass is 236 g/mol. The van der Waals surface area contributed by atoms with Crippen LogP contribution in [0.15, 0.2) is 34.9 Å². The molecule has 0 saturated carbocycles. The summed E-state index contributed by atoms with van der Waals surface area (Å²) in [5, 5.41) is 1.12. The van der Waals surface area contributed by atoms with Crippen LogP contribution >= 0.6 is 15.9 Å². The van der Waals surface area contributed by atoms with Gasteiger partial charge in [-0.25, -0.2) is 0 Å². The molecule has 2 N–H and O–H groups in total. The highest BCUT2D eigenvalue weighted by Gasteiger charge is 2.02. The molecule has 1 aromatic heterocycles. The third-order valence-electron chi connectivity index (χ3n) is 2.02. The maximum Gasteiger partial charge on any atom is 0.0758 e. The summed E-state index contributed by atoms with van der Waals surface area (Å²) >= 11 is 3.48. The van der Waals surface area contributed by atoms with Crippen LogP contribution in [0.25, 0.3) is 10.9 Å². The van der Waals surface area contributed by atoms with Gasteiger partial charge in [0.15, 0.2) is 0 Å². The summed E-state index contributed by atoms with van der Waals surface area (Å²) in [5.41, 5.74) is 7.68. The zero-order valence-electron chi connectivity index (χ0n) is 7.00. The number of aromatic nitrogens is 1. The quantitative estimate of drug-likeness (QED) is 0.827. The van der Waals surface area contributed by atoms with Crippen LogP contribution in [0.5, 0.6) is 0 Å². The first-order valence-corrected chi connectivity index (χ1v) is 4.84. The molecule has 66 valence electrons. The van der Waals surface area contributed by atoms with E-state index in [0.717, 1.165) is 20.9 Å². The highest BCUT2D eigenvalue weighted by atomic mass is 79.9. The molecule has 2 aromatic rings. The van der Waals surface area contributed by atoms with Gasteiger partial charge in [0.1, 0.15) is 0 Å². The van der Waals surface area contributed by atoms with E-state index in [2.05, 4.69) is 20.9 Å². The molecule has 3 heteroatoms. The van der Waals surface area contributed by atoms with Crippen LogP contribution < -0.4 is 5.73 Å². The largest absolute Gasteiger partial charge is 0.326 e. The van der Waals surface area contributed by atoms with Gasteiger partial charge in [0, 0.05) is 22.6 Å². The van der Waals surface area contributed by atoms with Gasteiger partial charge in [0.25, 0.3) is 0 Å². The minimum Gasteiger partial charge on any atom is -0.326 e. The molecule has 0 spiro atoms. The number of pyridine rings is 1. The molecule has 1 aromatic carbocycles. The minimum atomic E-state index is 0.529. The third kappa shape index (κ3) is 1.45. The third-order valence-corrected chi connectivity index (χ3v) is 2.71. The number of fused-ring (bicyclic) bond motifs is 1. The van der Waals surface area contributed by atoms with Gasteiger partial charge in [0.2, 0.25) is 0 Å². The number of nitrogens with zero attached hydrogens (tertiary/aromatic N) is 1. The van der Waals surface area contributed by atoms with Crippen LogP contribution in [0.2, 0.25) is 0 Å². The van der Waals surface area contributed by atoms with Crippen molar-refractivity contribution in [3.63, 3.8) is 0 Å². The van der Waals surface area contributed by atoms with Crippen LogP contribution in [-0.2, 0) is 6.54 Å². The summed E-state index contributed by atoms with van der Waals surface area (Å²) in [6.07, 6.45) is 1.79. The zero-order valence-corrected chi connectivity index (χ0v) is 8.58. The molecule has 0 radical (unpaired) electrons. The second-order valence-electron chi connectivity index (χ2n) is 2.81. The Morgan fingerprint density at radius 1 is 1.31 bits per heavy atom. The average Bonchev–Trinajstić information content (AvgIpc) is 2.19. The van der Waals surface area contributed by atoms with Crippen LogP contribution in [0.3, 0.4) is 0 Å². The summed E-state index contributed by atoms with van der Waals surface area (Å²) in [6.45, 7) is 0.529. The van der Waals surface area contributed by atoms with Gasteiger partial charge in [-0.15, -0.1) is 0 Å². The lowest BCUT2D eigenvalue weighted by molar-refractivity contribution is 1.08. The van der Waals surface area contributed by atoms with Gasteiger partial charge >= 0.3 is 0 Å². The first-order chi connectivity index (χ1) is 6.33. The van der Waals surface area contributed by atoms with Gasteiger partial charge in [0.05, 0.1) is 5.52 Å². The molecule has 0 amide bonds. The molecule has 0 saturated heterocycles. The van der Waals surface area contributed by atoms with Crippen LogP contribution in [0, 0.1) is 0 Å². The van der Waals surface area contributed by atoms with Crippen molar-refractivity contribution in [2.75, 3.05) is 0 Å². The van der Waals surface area contributed by atoms with Crippen molar-refractivity contribution in [1.29, 1.82) is 0 Å². The van der Waals surface area contributed by atoms with E-state index in [1.165, 1.54) is 0 Å². The first kappa shape index (κ1) is 8.66. The normalized spacial score (nSPS) is 10.6. The topological polar surface area (TPSA) is 38.9 Å². The SMILES string of the molecule is NCc1ccc(Br)c2cccnc12. The van der Waals surface area contributed by atoms with E-state index in [9.17, 15) is 0 Å². The molecule has 0 aliphatic heterocycles. The van der Waals surface area contributed by atoms with Crippen molar-refractivity contribution < 1.29 is 0 Å². The second-order valence-corrected chi connectivity index (χ2v) is 3.66. The van der Waals surface area contributed by atoms with Gasteiger partial charge in [-0.1, -0.05) is 28.1 Å². The van der Waals surface area contributed by atoms with E-state index in [1.807, 2.05) is 24.3 Å². The molecule has 0 atom stereocenters. The van der Waals surface area contributed by atoms with Gasteiger partial charge in [-0.05, 0) is 17.7 Å². The molecular weight excluding hydrogens is 228 g/mol. The molecular formula is C10H9BrN2. The summed E-state index contributed by atoms with van der Waals surface area (Å²) in [7, 11) is 0. The van der Waals surface area contributed by atoms with E-state index < -0.39 is 0 Å². The van der Waals surface area contributed by atoms with E-state index >= 15 is 0 Å². The van der Waals surface area contributed by atoms with Gasteiger partial charge < -0.3 is 5.73 Å². The van der Waals surface area contributed by atoms with Crippen LogP contribution in [0.1, 0.15) is 5.56 Å².